The van der Waals surface area contributed by atoms with E-state index in [1.54, 1.807) is 30.1 Å². The Morgan fingerprint density at radius 1 is 1.16 bits per heavy atom. The van der Waals surface area contributed by atoms with Crippen molar-refractivity contribution in [2.45, 2.75) is 0 Å². The molecule has 0 atom stereocenters. The van der Waals surface area contributed by atoms with E-state index in [9.17, 15) is 4.79 Å². The highest BCUT2D eigenvalue weighted by Crippen LogP contribution is 2.18. The zero-order chi connectivity index (χ0) is 13.2. The average molecular weight is 252 g/mol. The Morgan fingerprint density at radius 3 is 2.74 bits per heavy atom. The van der Waals surface area contributed by atoms with Gasteiger partial charge in [0.15, 0.2) is 12.0 Å². The third-order valence-electron chi connectivity index (χ3n) is 3.03. The van der Waals surface area contributed by atoms with E-state index in [-0.39, 0.29) is 5.91 Å². The van der Waals surface area contributed by atoms with Crippen LogP contribution in [0.25, 0.3) is 11.1 Å². The minimum atomic E-state index is -0.0792. The number of carbonyl (C=O) groups is 1. The Labute approximate surface area is 110 Å². The number of amides is 1. The maximum Gasteiger partial charge on any atom is 0.258 e. The number of carbonyl (C=O) groups excluding carboxylic acids is 1. The van der Waals surface area contributed by atoms with Crippen LogP contribution < -0.4 is 4.90 Å². The summed E-state index contributed by atoms with van der Waals surface area (Å²) in [6.45, 7) is 0. The summed E-state index contributed by atoms with van der Waals surface area (Å²) in [4.78, 5) is 18.0. The van der Waals surface area contributed by atoms with Gasteiger partial charge in [-0.1, -0.05) is 18.2 Å². The maximum atomic E-state index is 12.4. The Bertz CT molecular complexity index is 719. The van der Waals surface area contributed by atoms with E-state index in [1.807, 2.05) is 30.3 Å². The average Bonchev–Trinajstić information content (AvgIpc) is 2.94. The number of aromatic nitrogens is 1. The van der Waals surface area contributed by atoms with Gasteiger partial charge in [0, 0.05) is 18.3 Å². The second kappa shape index (κ2) is 4.57. The molecule has 0 N–H and O–H groups in total. The zero-order valence-corrected chi connectivity index (χ0v) is 10.4. The lowest BCUT2D eigenvalue weighted by atomic mass is 10.1. The maximum absolute atomic E-state index is 12.4. The van der Waals surface area contributed by atoms with Crippen molar-refractivity contribution in [1.82, 2.24) is 4.98 Å². The SMILES string of the molecule is CN(C(=O)c1ccc2ncoc2c1)c1ccccc1. The van der Waals surface area contributed by atoms with Crippen molar-refractivity contribution >= 4 is 22.7 Å². The molecule has 94 valence electrons. The predicted molar refractivity (Wildman–Crippen MR) is 73.2 cm³/mol. The zero-order valence-electron chi connectivity index (χ0n) is 10.4. The number of oxazole rings is 1. The molecular formula is C15H12N2O2. The number of para-hydroxylation sites is 1. The van der Waals surface area contributed by atoms with Gasteiger partial charge in [0.05, 0.1) is 0 Å². The lowest BCUT2D eigenvalue weighted by Crippen LogP contribution is -2.25. The van der Waals surface area contributed by atoms with Gasteiger partial charge >= 0.3 is 0 Å². The molecule has 0 saturated carbocycles. The first-order valence-corrected chi connectivity index (χ1v) is 5.92. The summed E-state index contributed by atoms with van der Waals surface area (Å²) in [5.74, 6) is -0.0792. The monoisotopic (exact) mass is 252 g/mol. The molecule has 0 radical (unpaired) electrons. The second-order valence-corrected chi connectivity index (χ2v) is 4.23. The lowest BCUT2D eigenvalue weighted by molar-refractivity contribution is 0.0993. The van der Waals surface area contributed by atoms with Gasteiger partial charge in [0.1, 0.15) is 5.52 Å². The fourth-order valence-corrected chi connectivity index (χ4v) is 1.95. The van der Waals surface area contributed by atoms with Crippen LogP contribution in [0.5, 0.6) is 0 Å². The van der Waals surface area contributed by atoms with Crippen molar-refractivity contribution < 1.29 is 9.21 Å². The first-order chi connectivity index (χ1) is 9.25. The molecule has 0 unspecified atom stereocenters. The van der Waals surface area contributed by atoms with Gasteiger partial charge < -0.3 is 9.32 Å². The van der Waals surface area contributed by atoms with Crippen LogP contribution in [0.15, 0.2) is 59.3 Å². The molecule has 0 aliphatic rings. The van der Waals surface area contributed by atoms with Crippen molar-refractivity contribution in [3.63, 3.8) is 0 Å². The fourth-order valence-electron chi connectivity index (χ4n) is 1.95. The van der Waals surface area contributed by atoms with Gasteiger partial charge in [-0.15, -0.1) is 0 Å². The molecule has 0 aliphatic carbocycles. The number of benzene rings is 2. The molecule has 2 aromatic carbocycles. The predicted octanol–water partition coefficient (Wildman–Crippen LogP) is 3.10. The highest BCUT2D eigenvalue weighted by Gasteiger charge is 2.14. The largest absolute Gasteiger partial charge is 0.443 e. The van der Waals surface area contributed by atoms with E-state index < -0.39 is 0 Å². The van der Waals surface area contributed by atoms with Crippen molar-refractivity contribution in [3.05, 3.63) is 60.5 Å². The Hall–Kier alpha value is -2.62. The molecule has 1 aromatic heterocycles. The van der Waals surface area contributed by atoms with E-state index in [2.05, 4.69) is 4.98 Å². The summed E-state index contributed by atoms with van der Waals surface area (Å²) in [5, 5.41) is 0. The standard InChI is InChI=1S/C15H12N2O2/c1-17(12-5-3-2-4-6-12)15(18)11-7-8-13-14(9-11)19-10-16-13/h2-10H,1H3. The van der Waals surface area contributed by atoms with Gasteiger partial charge in [0.25, 0.3) is 5.91 Å². The molecule has 0 bridgehead atoms. The molecule has 0 fully saturated rings. The van der Waals surface area contributed by atoms with Crippen LogP contribution in [0.4, 0.5) is 5.69 Å². The third kappa shape index (κ3) is 2.08. The van der Waals surface area contributed by atoms with Crippen LogP contribution in [-0.4, -0.2) is 17.9 Å². The van der Waals surface area contributed by atoms with Gasteiger partial charge in [-0.05, 0) is 30.3 Å². The molecule has 0 spiro atoms. The molecule has 19 heavy (non-hydrogen) atoms. The quantitative estimate of drug-likeness (QED) is 0.704. The Morgan fingerprint density at radius 2 is 1.95 bits per heavy atom. The van der Waals surface area contributed by atoms with E-state index >= 15 is 0 Å². The number of anilines is 1. The van der Waals surface area contributed by atoms with Crippen LogP contribution in [-0.2, 0) is 0 Å². The van der Waals surface area contributed by atoms with Crippen molar-refractivity contribution in [2.24, 2.45) is 0 Å². The summed E-state index contributed by atoms with van der Waals surface area (Å²) in [6.07, 6.45) is 1.37. The summed E-state index contributed by atoms with van der Waals surface area (Å²) >= 11 is 0. The highest BCUT2D eigenvalue weighted by atomic mass is 16.3. The molecule has 3 aromatic rings. The minimum Gasteiger partial charge on any atom is -0.443 e. The highest BCUT2D eigenvalue weighted by molar-refractivity contribution is 6.07. The molecule has 3 rings (SSSR count). The molecule has 4 heteroatoms. The van der Waals surface area contributed by atoms with Crippen LogP contribution in [0.3, 0.4) is 0 Å². The lowest BCUT2D eigenvalue weighted by Gasteiger charge is -2.17. The second-order valence-electron chi connectivity index (χ2n) is 4.23. The summed E-state index contributed by atoms with van der Waals surface area (Å²) < 4.78 is 5.21. The Kier molecular flexibility index (Phi) is 2.76. The number of hydrogen-bond acceptors (Lipinski definition) is 3. The number of fused-ring (bicyclic) bond motifs is 1. The van der Waals surface area contributed by atoms with Gasteiger partial charge in [-0.25, -0.2) is 4.98 Å². The molecule has 0 aliphatic heterocycles. The summed E-state index contributed by atoms with van der Waals surface area (Å²) in [6, 6.07) is 14.8. The summed E-state index contributed by atoms with van der Waals surface area (Å²) in [5.41, 5.74) is 2.80. The van der Waals surface area contributed by atoms with Gasteiger partial charge in [-0.3, -0.25) is 4.79 Å². The van der Waals surface area contributed by atoms with Gasteiger partial charge in [-0.2, -0.15) is 0 Å². The Balaban J connectivity index is 1.95. The molecule has 1 heterocycles. The smallest absolute Gasteiger partial charge is 0.258 e. The van der Waals surface area contributed by atoms with Crippen molar-refractivity contribution in [3.8, 4) is 0 Å². The van der Waals surface area contributed by atoms with Crippen LogP contribution in [0.1, 0.15) is 10.4 Å². The number of nitrogens with zero attached hydrogens (tertiary/aromatic N) is 2. The van der Waals surface area contributed by atoms with E-state index in [1.165, 1.54) is 6.39 Å². The number of rotatable bonds is 2. The van der Waals surface area contributed by atoms with E-state index in [0.29, 0.717) is 11.1 Å². The van der Waals surface area contributed by atoms with E-state index in [0.717, 1.165) is 11.2 Å². The van der Waals surface area contributed by atoms with Gasteiger partial charge in [0.2, 0.25) is 0 Å². The minimum absolute atomic E-state index is 0.0792. The topological polar surface area (TPSA) is 46.3 Å². The first kappa shape index (κ1) is 11.5. The molecule has 4 nitrogen and oxygen atoms in total. The number of hydrogen-bond donors (Lipinski definition) is 0. The molecule has 1 amide bonds. The van der Waals surface area contributed by atoms with Crippen LogP contribution in [0, 0.1) is 0 Å². The third-order valence-corrected chi connectivity index (χ3v) is 3.03. The van der Waals surface area contributed by atoms with Crippen molar-refractivity contribution in [2.75, 3.05) is 11.9 Å². The molecular weight excluding hydrogens is 240 g/mol. The summed E-state index contributed by atoms with van der Waals surface area (Å²) in [7, 11) is 1.75. The molecule has 0 saturated heterocycles. The fraction of sp³-hybridized carbons (Fsp3) is 0.0667. The van der Waals surface area contributed by atoms with Crippen molar-refractivity contribution in [1.29, 1.82) is 0 Å². The van der Waals surface area contributed by atoms with Crippen LogP contribution >= 0.6 is 0 Å². The van der Waals surface area contributed by atoms with Crippen LogP contribution in [0.2, 0.25) is 0 Å². The first-order valence-electron chi connectivity index (χ1n) is 5.92. The van der Waals surface area contributed by atoms with E-state index in [4.69, 9.17) is 4.42 Å². The normalized spacial score (nSPS) is 10.6.